The van der Waals surface area contributed by atoms with Crippen molar-refractivity contribution in [2.24, 2.45) is 0 Å². The molecule has 0 aromatic heterocycles. The van der Waals surface area contributed by atoms with E-state index in [0.29, 0.717) is 25.4 Å². The molecular formula is C15H21FN2O3. The molecule has 0 aliphatic carbocycles. The molecule has 0 radical (unpaired) electrons. The van der Waals surface area contributed by atoms with Crippen LogP contribution in [0.3, 0.4) is 0 Å². The SMILES string of the molecule is COc1ccc(F)cc1CN1CCN(C(C)C(=O)O)CC1. The van der Waals surface area contributed by atoms with Gasteiger partial charge in [-0.05, 0) is 25.1 Å². The number of ether oxygens (including phenoxy) is 1. The molecule has 1 aliphatic heterocycles. The van der Waals surface area contributed by atoms with E-state index in [1.807, 2.05) is 4.90 Å². The van der Waals surface area contributed by atoms with E-state index in [2.05, 4.69) is 4.90 Å². The molecule has 6 heteroatoms. The van der Waals surface area contributed by atoms with Gasteiger partial charge in [-0.2, -0.15) is 0 Å². The van der Waals surface area contributed by atoms with Crippen molar-refractivity contribution in [3.05, 3.63) is 29.6 Å². The molecule has 1 aliphatic rings. The molecule has 1 saturated heterocycles. The highest BCUT2D eigenvalue weighted by molar-refractivity contribution is 5.72. The Kier molecular flexibility index (Phi) is 5.14. The summed E-state index contributed by atoms with van der Waals surface area (Å²) in [6.07, 6.45) is 0. The molecule has 1 heterocycles. The quantitative estimate of drug-likeness (QED) is 0.891. The number of carboxylic acids is 1. The molecule has 1 aromatic carbocycles. The van der Waals surface area contributed by atoms with Crippen LogP contribution in [0, 0.1) is 5.82 Å². The van der Waals surface area contributed by atoms with Crippen molar-refractivity contribution in [1.29, 1.82) is 0 Å². The van der Waals surface area contributed by atoms with Crippen LogP contribution < -0.4 is 4.74 Å². The van der Waals surface area contributed by atoms with E-state index in [0.717, 1.165) is 18.7 Å². The summed E-state index contributed by atoms with van der Waals surface area (Å²) < 4.78 is 18.6. The van der Waals surface area contributed by atoms with Crippen molar-refractivity contribution in [1.82, 2.24) is 9.80 Å². The predicted molar refractivity (Wildman–Crippen MR) is 76.9 cm³/mol. The van der Waals surface area contributed by atoms with Crippen molar-refractivity contribution in [2.45, 2.75) is 19.5 Å². The van der Waals surface area contributed by atoms with Crippen molar-refractivity contribution in [2.75, 3.05) is 33.3 Å². The third-order valence-electron chi connectivity index (χ3n) is 3.95. The second-order valence-corrected chi connectivity index (χ2v) is 5.28. The summed E-state index contributed by atoms with van der Waals surface area (Å²) in [6, 6.07) is 4.05. The van der Waals surface area contributed by atoms with Crippen LogP contribution in [0.25, 0.3) is 0 Å². The number of piperazine rings is 1. The Morgan fingerprint density at radius 2 is 2.05 bits per heavy atom. The third kappa shape index (κ3) is 3.92. The lowest BCUT2D eigenvalue weighted by Crippen LogP contribution is -2.51. The number of carbonyl (C=O) groups is 1. The number of carboxylic acid groups (broad SMARTS) is 1. The van der Waals surface area contributed by atoms with Crippen molar-refractivity contribution in [3.63, 3.8) is 0 Å². The summed E-state index contributed by atoms with van der Waals surface area (Å²) in [5.74, 6) is -0.392. The van der Waals surface area contributed by atoms with Gasteiger partial charge in [0, 0.05) is 38.3 Å². The topological polar surface area (TPSA) is 53.0 Å². The Morgan fingerprint density at radius 1 is 1.38 bits per heavy atom. The highest BCUT2D eigenvalue weighted by Gasteiger charge is 2.25. The highest BCUT2D eigenvalue weighted by Crippen LogP contribution is 2.21. The maximum absolute atomic E-state index is 13.3. The van der Waals surface area contributed by atoms with Gasteiger partial charge in [0.15, 0.2) is 0 Å². The lowest BCUT2D eigenvalue weighted by Gasteiger charge is -2.36. The molecule has 5 nitrogen and oxygen atoms in total. The molecule has 1 N–H and O–H groups in total. The minimum absolute atomic E-state index is 0.274. The summed E-state index contributed by atoms with van der Waals surface area (Å²) in [6.45, 7) is 5.23. The van der Waals surface area contributed by atoms with E-state index >= 15 is 0 Å². The van der Waals surface area contributed by atoms with Crippen LogP contribution in [-0.4, -0.2) is 60.2 Å². The van der Waals surface area contributed by atoms with E-state index < -0.39 is 12.0 Å². The number of halogens is 1. The molecular weight excluding hydrogens is 275 g/mol. The summed E-state index contributed by atoms with van der Waals surface area (Å²) in [5.41, 5.74) is 0.817. The molecule has 0 amide bonds. The number of rotatable bonds is 5. The Hall–Kier alpha value is -1.66. The summed E-state index contributed by atoms with van der Waals surface area (Å²) in [4.78, 5) is 15.1. The molecule has 2 rings (SSSR count). The van der Waals surface area contributed by atoms with Gasteiger partial charge in [0.05, 0.1) is 7.11 Å². The van der Waals surface area contributed by atoms with E-state index in [4.69, 9.17) is 9.84 Å². The summed E-state index contributed by atoms with van der Waals surface area (Å²) in [5, 5.41) is 9.02. The summed E-state index contributed by atoms with van der Waals surface area (Å²) >= 11 is 0. The van der Waals surface area contributed by atoms with Gasteiger partial charge in [0.1, 0.15) is 17.6 Å². The van der Waals surface area contributed by atoms with Gasteiger partial charge >= 0.3 is 5.97 Å². The first-order chi connectivity index (χ1) is 10.0. The largest absolute Gasteiger partial charge is 0.496 e. The first-order valence-electron chi connectivity index (χ1n) is 7.03. The average Bonchev–Trinajstić information content (AvgIpc) is 2.47. The molecule has 21 heavy (non-hydrogen) atoms. The Morgan fingerprint density at radius 3 is 2.62 bits per heavy atom. The zero-order valence-corrected chi connectivity index (χ0v) is 12.4. The van der Waals surface area contributed by atoms with Crippen LogP contribution in [0.2, 0.25) is 0 Å². The lowest BCUT2D eigenvalue weighted by atomic mass is 10.1. The maximum atomic E-state index is 13.3. The number of methoxy groups -OCH3 is 1. The van der Waals surface area contributed by atoms with Gasteiger partial charge in [0.25, 0.3) is 0 Å². The lowest BCUT2D eigenvalue weighted by molar-refractivity contribution is -0.143. The molecule has 1 fully saturated rings. The Bertz CT molecular complexity index is 502. The standard InChI is InChI=1S/C15H21FN2O3/c1-11(15(19)20)18-7-5-17(6-8-18)10-12-9-13(16)3-4-14(12)21-2/h3-4,9,11H,5-8,10H2,1-2H3,(H,19,20). The minimum atomic E-state index is -0.796. The molecule has 1 atom stereocenters. The van der Waals surface area contributed by atoms with Crippen LogP contribution >= 0.6 is 0 Å². The van der Waals surface area contributed by atoms with Gasteiger partial charge in [-0.1, -0.05) is 0 Å². The number of hydrogen-bond acceptors (Lipinski definition) is 4. The number of nitrogens with zero attached hydrogens (tertiary/aromatic N) is 2. The van der Waals surface area contributed by atoms with E-state index in [-0.39, 0.29) is 5.82 Å². The van der Waals surface area contributed by atoms with Gasteiger partial charge in [-0.25, -0.2) is 4.39 Å². The van der Waals surface area contributed by atoms with Crippen molar-refractivity contribution in [3.8, 4) is 5.75 Å². The second kappa shape index (κ2) is 6.87. The van der Waals surface area contributed by atoms with Crippen molar-refractivity contribution < 1.29 is 19.0 Å². The third-order valence-corrected chi connectivity index (χ3v) is 3.95. The van der Waals surface area contributed by atoms with E-state index in [1.54, 1.807) is 20.1 Å². The summed E-state index contributed by atoms with van der Waals surface area (Å²) in [7, 11) is 1.57. The Balaban J connectivity index is 1.95. The zero-order valence-electron chi connectivity index (χ0n) is 12.4. The Labute approximate surface area is 123 Å². The zero-order chi connectivity index (χ0) is 15.4. The first kappa shape index (κ1) is 15.7. The van der Waals surface area contributed by atoms with Gasteiger partial charge in [-0.15, -0.1) is 0 Å². The fourth-order valence-electron chi connectivity index (χ4n) is 2.58. The molecule has 0 saturated carbocycles. The molecule has 1 unspecified atom stereocenters. The normalized spacial score (nSPS) is 18.4. The fraction of sp³-hybridized carbons (Fsp3) is 0.533. The fourth-order valence-corrected chi connectivity index (χ4v) is 2.58. The monoisotopic (exact) mass is 296 g/mol. The first-order valence-corrected chi connectivity index (χ1v) is 7.03. The highest BCUT2D eigenvalue weighted by atomic mass is 19.1. The maximum Gasteiger partial charge on any atom is 0.320 e. The van der Waals surface area contributed by atoms with Crippen molar-refractivity contribution >= 4 is 5.97 Å². The van der Waals surface area contributed by atoms with Crippen LogP contribution in [0.5, 0.6) is 5.75 Å². The van der Waals surface area contributed by atoms with Gasteiger partial charge in [-0.3, -0.25) is 14.6 Å². The number of hydrogen-bond donors (Lipinski definition) is 1. The van der Waals surface area contributed by atoms with Gasteiger partial charge in [0.2, 0.25) is 0 Å². The van der Waals surface area contributed by atoms with Crippen LogP contribution in [0.1, 0.15) is 12.5 Å². The number of aliphatic carboxylic acids is 1. The molecule has 0 spiro atoms. The average molecular weight is 296 g/mol. The molecule has 116 valence electrons. The van der Waals surface area contributed by atoms with Gasteiger partial charge < -0.3 is 9.84 Å². The minimum Gasteiger partial charge on any atom is -0.496 e. The number of benzene rings is 1. The molecule has 1 aromatic rings. The van der Waals surface area contributed by atoms with E-state index in [9.17, 15) is 9.18 Å². The van der Waals surface area contributed by atoms with E-state index in [1.165, 1.54) is 12.1 Å². The smallest absolute Gasteiger partial charge is 0.320 e. The predicted octanol–water partition coefficient (Wildman–Crippen LogP) is 1.43. The second-order valence-electron chi connectivity index (χ2n) is 5.28. The van der Waals surface area contributed by atoms with Crippen LogP contribution in [0.15, 0.2) is 18.2 Å². The van der Waals surface area contributed by atoms with Crippen LogP contribution in [-0.2, 0) is 11.3 Å². The molecule has 0 bridgehead atoms. The van der Waals surface area contributed by atoms with Crippen LogP contribution in [0.4, 0.5) is 4.39 Å².